The van der Waals surface area contributed by atoms with Crippen LogP contribution in [-0.4, -0.2) is 27.7 Å². The van der Waals surface area contributed by atoms with Crippen LogP contribution in [0, 0.1) is 0 Å². The highest BCUT2D eigenvalue weighted by Gasteiger charge is 2.23. The van der Waals surface area contributed by atoms with Crippen molar-refractivity contribution in [2.24, 2.45) is 0 Å². The van der Waals surface area contributed by atoms with Crippen LogP contribution < -0.4 is 4.72 Å². The summed E-state index contributed by atoms with van der Waals surface area (Å²) in [5.74, 6) is 0. The van der Waals surface area contributed by atoms with E-state index in [0.29, 0.717) is 18.1 Å². The van der Waals surface area contributed by atoms with Crippen LogP contribution in [0.2, 0.25) is 0 Å². The summed E-state index contributed by atoms with van der Waals surface area (Å²) in [6.07, 6.45) is 4.71. The van der Waals surface area contributed by atoms with Crippen LogP contribution in [0.25, 0.3) is 0 Å². The van der Waals surface area contributed by atoms with Gasteiger partial charge in [0.15, 0.2) is 0 Å². The van der Waals surface area contributed by atoms with Crippen LogP contribution in [0.15, 0.2) is 23.1 Å². The molecular weight excluding hydrogens is 262 g/mol. The average molecular weight is 281 g/mol. The fraction of sp³-hybridized carbons (Fsp3) is 0.571. The second-order valence-corrected chi connectivity index (χ2v) is 7.01. The average Bonchev–Trinajstić information content (AvgIpc) is 2.86. The largest absolute Gasteiger partial charge is 0.381 e. The van der Waals surface area contributed by atoms with E-state index in [-0.39, 0.29) is 6.04 Å². The van der Waals surface area contributed by atoms with E-state index in [0.717, 1.165) is 32.1 Å². The normalized spacial score (nSPS) is 20.4. The Hall–Kier alpha value is -0.910. The molecule has 1 aliphatic heterocycles. The molecule has 0 spiro atoms. The number of ether oxygens (including phenoxy) is 1. The Morgan fingerprint density at radius 1 is 1.11 bits per heavy atom. The van der Waals surface area contributed by atoms with Crippen molar-refractivity contribution in [1.82, 2.24) is 4.72 Å². The first kappa shape index (κ1) is 13.1. The van der Waals surface area contributed by atoms with Gasteiger partial charge in [-0.25, -0.2) is 13.1 Å². The smallest absolute Gasteiger partial charge is 0.240 e. The summed E-state index contributed by atoms with van der Waals surface area (Å²) in [7, 11) is -3.39. The minimum atomic E-state index is -3.39. The molecule has 2 aliphatic rings. The van der Waals surface area contributed by atoms with Crippen LogP contribution in [0.3, 0.4) is 0 Å². The summed E-state index contributed by atoms with van der Waals surface area (Å²) in [4.78, 5) is 0.402. The van der Waals surface area contributed by atoms with Crippen LogP contribution in [0.5, 0.6) is 0 Å². The minimum absolute atomic E-state index is 0.00649. The molecule has 1 aliphatic carbocycles. The third-order valence-corrected chi connectivity index (χ3v) is 5.44. The molecule has 3 rings (SSSR count). The number of fused-ring (bicyclic) bond motifs is 1. The van der Waals surface area contributed by atoms with Gasteiger partial charge in [0, 0.05) is 19.3 Å². The van der Waals surface area contributed by atoms with E-state index in [1.165, 1.54) is 11.1 Å². The topological polar surface area (TPSA) is 55.4 Å². The first-order chi connectivity index (χ1) is 9.15. The lowest BCUT2D eigenvalue weighted by Crippen LogP contribution is -2.38. The molecule has 1 heterocycles. The van der Waals surface area contributed by atoms with Gasteiger partial charge in [-0.05, 0) is 55.4 Å². The molecule has 104 valence electrons. The van der Waals surface area contributed by atoms with Crippen molar-refractivity contribution in [3.8, 4) is 0 Å². The molecule has 0 unspecified atom stereocenters. The summed E-state index contributed by atoms with van der Waals surface area (Å²) in [6.45, 7) is 1.27. The number of sulfonamides is 1. The number of rotatable bonds is 3. The van der Waals surface area contributed by atoms with Gasteiger partial charge in [0.25, 0.3) is 0 Å². The van der Waals surface area contributed by atoms with Gasteiger partial charge in [-0.1, -0.05) is 6.07 Å². The molecule has 1 saturated heterocycles. The molecule has 0 radical (unpaired) electrons. The van der Waals surface area contributed by atoms with E-state index in [4.69, 9.17) is 4.74 Å². The molecule has 5 heteroatoms. The first-order valence-corrected chi connectivity index (χ1v) is 8.35. The fourth-order valence-corrected chi connectivity index (χ4v) is 4.17. The van der Waals surface area contributed by atoms with Crippen LogP contribution in [0.4, 0.5) is 0 Å². The monoisotopic (exact) mass is 281 g/mol. The van der Waals surface area contributed by atoms with Gasteiger partial charge in [-0.3, -0.25) is 0 Å². The number of hydrogen-bond acceptors (Lipinski definition) is 3. The Morgan fingerprint density at radius 3 is 2.63 bits per heavy atom. The second kappa shape index (κ2) is 5.23. The lowest BCUT2D eigenvalue weighted by molar-refractivity contribution is 0.0832. The molecule has 1 aromatic rings. The van der Waals surface area contributed by atoms with Crippen molar-refractivity contribution >= 4 is 10.0 Å². The third-order valence-electron chi connectivity index (χ3n) is 3.92. The molecule has 19 heavy (non-hydrogen) atoms. The summed E-state index contributed by atoms with van der Waals surface area (Å²) < 4.78 is 32.7. The van der Waals surface area contributed by atoms with E-state index in [2.05, 4.69) is 4.72 Å². The highest BCUT2D eigenvalue weighted by molar-refractivity contribution is 7.89. The van der Waals surface area contributed by atoms with Crippen molar-refractivity contribution in [3.05, 3.63) is 29.3 Å². The van der Waals surface area contributed by atoms with Crippen molar-refractivity contribution < 1.29 is 13.2 Å². The van der Waals surface area contributed by atoms with Crippen LogP contribution in [-0.2, 0) is 27.6 Å². The van der Waals surface area contributed by atoms with Crippen LogP contribution in [0.1, 0.15) is 30.4 Å². The number of benzene rings is 1. The van der Waals surface area contributed by atoms with Crippen molar-refractivity contribution in [2.75, 3.05) is 13.2 Å². The summed E-state index contributed by atoms with van der Waals surface area (Å²) in [5.41, 5.74) is 2.49. The summed E-state index contributed by atoms with van der Waals surface area (Å²) in [5, 5.41) is 0. The lowest BCUT2D eigenvalue weighted by atomic mass is 10.1. The van der Waals surface area contributed by atoms with E-state index in [1.807, 2.05) is 12.1 Å². The van der Waals surface area contributed by atoms with E-state index < -0.39 is 10.0 Å². The molecule has 1 N–H and O–H groups in total. The molecule has 0 saturated carbocycles. The van der Waals surface area contributed by atoms with E-state index in [9.17, 15) is 8.42 Å². The number of nitrogens with one attached hydrogen (secondary N) is 1. The second-order valence-electron chi connectivity index (χ2n) is 5.29. The maximum absolute atomic E-state index is 12.3. The lowest BCUT2D eigenvalue weighted by Gasteiger charge is -2.23. The molecule has 0 amide bonds. The minimum Gasteiger partial charge on any atom is -0.381 e. The molecular formula is C14H19NO3S. The maximum atomic E-state index is 12.3. The molecule has 1 aromatic carbocycles. The zero-order valence-corrected chi connectivity index (χ0v) is 11.7. The Bertz CT molecular complexity index is 562. The number of hydrogen-bond donors (Lipinski definition) is 1. The van der Waals surface area contributed by atoms with Crippen LogP contribution >= 0.6 is 0 Å². The standard InChI is InChI=1S/C14H19NO3S/c16-19(17,15-13-6-8-18-9-7-13)14-5-4-11-2-1-3-12(11)10-14/h4-5,10,13,15H,1-3,6-9H2. The Balaban J connectivity index is 1.79. The highest BCUT2D eigenvalue weighted by Crippen LogP contribution is 2.25. The summed E-state index contributed by atoms with van der Waals surface area (Å²) >= 11 is 0. The Morgan fingerprint density at radius 2 is 1.84 bits per heavy atom. The van der Waals surface area contributed by atoms with Crippen molar-refractivity contribution in [3.63, 3.8) is 0 Å². The third kappa shape index (κ3) is 2.83. The SMILES string of the molecule is O=S(=O)(NC1CCOCC1)c1ccc2c(c1)CCC2. The Labute approximate surface area is 114 Å². The van der Waals surface area contributed by atoms with Crippen molar-refractivity contribution in [2.45, 2.75) is 43.0 Å². The van der Waals surface area contributed by atoms with Gasteiger partial charge in [0.2, 0.25) is 10.0 Å². The van der Waals surface area contributed by atoms with Gasteiger partial charge < -0.3 is 4.74 Å². The maximum Gasteiger partial charge on any atom is 0.240 e. The van der Waals surface area contributed by atoms with Gasteiger partial charge in [0.05, 0.1) is 4.90 Å². The van der Waals surface area contributed by atoms with E-state index in [1.54, 1.807) is 6.07 Å². The van der Waals surface area contributed by atoms with Gasteiger partial charge in [0.1, 0.15) is 0 Å². The van der Waals surface area contributed by atoms with Gasteiger partial charge >= 0.3 is 0 Å². The predicted molar refractivity (Wildman–Crippen MR) is 72.6 cm³/mol. The summed E-state index contributed by atoms with van der Waals surface area (Å²) in [6, 6.07) is 5.53. The molecule has 0 aromatic heterocycles. The number of aryl methyl sites for hydroxylation is 2. The molecule has 0 bridgehead atoms. The molecule has 1 fully saturated rings. The van der Waals surface area contributed by atoms with Crippen molar-refractivity contribution in [1.29, 1.82) is 0 Å². The molecule has 0 atom stereocenters. The van der Waals surface area contributed by atoms with E-state index >= 15 is 0 Å². The predicted octanol–water partition coefficient (Wildman–Crippen LogP) is 1.63. The van der Waals surface area contributed by atoms with Gasteiger partial charge in [-0.2, -0.15) is 0 Å². The first-order valence-electron chi connectivity index (χ1n) is 6.87. The Kier molecular flexibility index (Phi) is 3.60. The zero-order valence-electron chi connectivity index (χ0n) is 10.9. The quantitative estimate of drug-likeness (QED) is 0.916. The molecule has 4 nitrogen and oxygen atoms in total. The van der Waals surface area contributed by atoms with Gasteiger partial charge in [-0.15, -0.1) is 0 Å². The highest BCUT2D eigenvalue weighted by atomic mass is 32.2. The zero-order chi connectivity index (χ0) is 13.3. The fourth-order valence-electron chi connectivity index (χ4n) is 2.82.